The van der Waals surface area contributed by atoms with Crippen molar-refractivity contribution in [2.75, 3.05) is 35.5 Å². The Morgan fingerprint density at radius 1 is 0.923 bits per heavy atom. The molecule has 11 heteroatoms. The summed E-state index contributed by atoms with van der Waals surface area (Å²) in [5.41, 5.74) is 1.08. The van der Waals surface area contributed by atoms with E-state index in [-0.39, 0.29) is 34.2 Å². The van der Waals surface area contributed by atoms with Crippen LogP contribution in [-0.4, -0.2) is 62.2 Å². The number of hydrogen-bond donors (Lipinski definition) is 1. The molecule has 39 heavy (non-hydrogen) atoms. The van der Waals surface area contributed by atoms with E-state index in [1.165, 1.54) is 52.6 Å². The van der Waals surface area contributed by atoms with Gasteiger partial charge in [0.2, 0.25) is 5.75 Å². The second kappa shape index (κ2) is 11.5. The maximum absolute atomic E-state index is 13.5. The Hall–Kier alpha value is -4.44. The van der Waals surface area contributed by atoms with Gasteiger partial charge in [-0.25, -0.2) is 0 Å². The van der Waals surface area contributed by atoms with Crippen LogP contribution in [0.4, 0.5) is 0 Å². The maximum atomic E-state index is 13.5. The van der Waals surface area contributed by atoms with Gasteiger partial charge in [0, 0.05) is 25.0 Å². The monoisotopic (exact) mass is 554 g/mol. The van der Waals surface area contributed by atoms with Crippen LogP contribution in [0.5, 0.6) is 28.7 Å². The molecule has 0 spiro atoms. The predicted molar refractivity (Wildman–Crippen MR) is 143 cm³/mol. The highest BCUT2D eigenvalue weighted by Crippen LogP contribution is 2.47. The number of Topliss-reactive ketones (excluding diaryl/α,β-unsaturated/α-hetero) is 1. The Labute approximate surface area is 230 Å². The van der Waals surface area contributed by atoms with E-state index >= 15 is 0 Å². The standard InChI is InChI=1S/C28H27ClN2O8/c1-35-19-12-18(29)20(36-2)11-17(19)25(32)23-24(16-9-21(37-3)27(39-5)22(10-16)38-4)31(28(34)26(23)33)14-15-7-6-8-30-13-15/h6-13,24,32H,14H2,1-5H3/b25-23+. The van der Waals surface area contributed by atoms with Crippen molar-refractivity contribution >= 4 is 29.1 Å². The van der Waals surface area contributed by atoms with E-state index in [9.17, 15) is 14.7 Å². The molecule has 10 nitrogen and oxygen atoms in total. The number of halogens is 1. The van der Waals surface area contributed by atoms with Gasteiger partial charge in [-0.2, -0.15) is 0 Å². The van der Waals surface area contributed by atoms with E-state index < -0.39 is 23.5 Å². The third kappa shape index (κ3) is 5.03. The van der Waals surface area contributed by atoms with E-state index in [2.05, 4.69) is 4.98 Å². The van der Waals surface area contributed by atoms with Gasteiger partial charge < -0.3 is 33.7 Å². The van der Waals surface area contributed by atoms with Crippen LogP contribution in [0.25, 0.3) is 5.76 Å². The Kier molecular flexibility index (Phi) is 8.15. The molecule has 0 aliphatic carbocycles. The van der Waals surface area contributed by atoms with Crippen LogP contribution >= 0.6 is 11.6 Å². The van der Waals surface area contributed by atoms with Gasteiger partial charge in [0.1, 0.15) is 17.3 Å². The summed E-state index contributed by atoms with van der Waals surface area (Å²) >= 11 is 6.25. The lowest BCUT2D eigenvalue weighted by Gasteiger charge is -2.26. The van der Waals surface area contributed by atoms with Crippen LogP contribution in [0, 0.1) is 0 Å². The first kappa shape index (κ1) is 27.6. The summed E-state index contributed by atoms with van der Waals surface area (Å²) in [5.74, 6) is -0.780. The maximum Gasteiger partial charge on any atom is 0.295 e. The predicted octanol–water partition coefficient (Wildman–Crippen LogP) is 4.40. The zero-order valence-electron chi connectivity index (χ0n) is 22.0. The van der Waals surface area contributed by atoms with E-state index in [1.807, 2.05) is 0 Å². The van der Waals surface area contributed by atoms with Crippen molar-refractivity contribution < 1.29 is 38.4 Å². The van der Waals surface area contributed by atoms with Gasteiger partial charge in [0.25, 0.3) is 11.7 Å². The van der Waals surface area contributed by atoms with Crippen LogP contribution in [0.2, 0.25) is 5.02 Å². The number of benzene rings is 2. The van der Waals surface area contributed by atoms with Crippen molar-refractivity contribution in [3.8, 4) is 28.7 Å². The number of carbonyl (C=O) groups is 2. The summed E-state index contributed by atoms with van der Waals surface area (Å²) in [7, 11) is 7.19. The Balaban J connectivity index is 2.01. The number of hydrogen-bond acceptors (Lipinski definition) is 9. The molecule has 1 atom stereocenters. The first-order chi connectivity index (χ1) is 18.8. The molecule has 1 saturated heterocycles. The SMILES string of the molecule is COc1cc(/C(O)=C2\C(=O)C(=O)N(Cc3cccnc3)C2c2cc(OC)c(OC)c(OC)c2)c(OC)cc1Cl. The quantitative estimate of drug-likeness (QED) is 0.233. The van der Waals surface area contributed by atoms with E-state index in [4.69, 9.17) is 35.3 Å². The average molecular weight is 555 g/mol. The van der Waals surface area contributed by atoms with Crippen LogP contribution < -0.4 is 23.7 Å². The fourth-order valence-electron chi connectivity index (χ4n) is 4.53. The Morgan fingerprint density at radius 2 is 1.56 bits per heavy atom. The smallest absolute Gasteiger partial charge is 0.295 e. The lowest BCUT2D eigenvalue weighted by Crippen LogP contribution is -2.29. The number of aliphatic hydroxyl groups is 1. The fraction of sp³-hybridized carbons (Fsp3) is 0.250. The number of ether oxygens (including phenoxy) is 5. The largest absolute Gasteiger partial charge is 0.507 e. The highest BCUT2D eigenvalue weighted by Gasteiger charge is 2.47. The van der Waals surface area contributed by atoms with Crippen molar-refractivity contribution in [3.05, 3.63) is 76.1 Å². The zero-order valence-corrected chi connectivity index (χ0v) is 22.7. The molecular formula is C28H27ClN2O8. The van der Waals surface area contributed by atoms with Crippen molar-refractivity contribution in [3.63, 3.8) is 0 Å². The third-order valence-electron chi connectivity index (χ3n) is 6.35. The number of methoxy groups -OCH3 is 5. The van der Waals surface area contributed by atoms with Gasteiger partial charge >= 0.3 is 0 Å². The Bertz CT molecular complexity index is 1420. The molecule has 1 unspecified atom stereocenters. The summed E-state index contributed by atoms with van der Waals surface area (Å²) in [6.07, 6.45) is 3.20. The van der Waals surface area contributed by atoms with E-state index in [0.29, 0.717) is 28.4 Å². The topological polar surface area (TPSA) is 117 Å². The minimum atomic E-state index is -1.04. The van der Waals surface area contributed by atoms with Gasteiger partial charge in [-0.05, 0) is 35.4 Å². The van der Waals surface area contributed by atoms with Crippen LogP contribution in [0.15, 0.2) is 54.4 Å². The number of aromatic nitrogens is 1. The highest BCUT2D eigenvalue weighted by atomic mass is 35.5. The van der Waals surface area contributed by atoms with Crippen LogP contribution in [-0.2, 0) is 16.1 Å². The summed E-state index contributed by atoms with van der Waals surface area (Å²) in [6, 6.07) is 8.62. The molecule has 1 aromatic heterocycles. The molecule has 204 valence electrons. The molecule has 4 rings (SSSR count). The highest BCUT2D eigenvalue weighted by molar-refractivity contribution is 6.46. The average Bonchev–Trinajstić information content (AvgIpc) is 3.21. The minimum absolute atomic E-state index is 0.0393. The second-order valence-electron chi connectivity index (χ2n) is 8.43. The van der Waals surface area contributed by atoms with Crippen LogP contribution in [0.1, 0.15) is 22.7 Å². The zero-order chi connectivity index (χ0) is 28.3. The van der Waals surface area contributed by atoms with Gasteiger partial charge in [0.15, 0.2) is 11.5 Å². The van der Waals surface area contributed by atoms with Gasteiger partial charge in [-0.15, -0.1) is 0 Å². The van der Waals surface area contributed by atoms with Gasteiger partial charge in [0.05, 0.1) is 57.8 Å². The van der Waals surface area contributed by atoms with E-state index in [1.54, 1.807) is 36.7 Å². The van der Waals surface area contributed by atoms with Crippen molar-refractivity contribution in [1.82, 2.24) is 9.88 Å². The lowest BCUT2D eigenvalue weighted by molar-refractivity contribution is -0.140. The van der Waals surface area contributed by atoms with Crippen molar-refractivity contribution in [1.29, 1.82) is 0 Å². The molecule has 2 aromatic carbocycles. The molecule has 1 aliphatic rings. The second-order valence-corrected chi connectivity index (χ2v) is 8.84. The molecular weight excluding hydrogens is 528 g/mol. The first-order valence-corrected chi connectivity index (χ1v) is 12.1. The summed E-state index contributed by atoms with van der Waals surface area (Å²) in [4.78, 5) is 32.5. The molecule has 1 fully saturated rings. The van der Waals surface area contributed by atoms with Gasteiger partial charge in [-0.1, -0.05) is 17.7 Å². The number of ketones is 1. The molecule has 0 radical (unpaired) electrons. The number of pyridine rings is 1. The molecule has 2 heterocycles. The van der Waals surface area contributed by atoms with Crippen molar-refractivity contribution in [2.45, 2.75) is 12.6 Å². The van der Waals surface area contributed by atoms with E-state index in [0.717, 1.165) is 0 Å². The Morgan fingerprint density at radius 3 is 2.10 bits per heavy atom. The minimum Gasteiger partial charge on any atom is -0.507 e. The third-order valence-corrected chi connectivity index (χ3v) is 6.64. The lowest BCUT2D eigenvalue weighted by atomic mass is 9.94. The summed E-state index contributed by atoms with van der Waals surface area (Å²) in [6.45, 7) is 0.0393. The number of aliphatic hydroxyl groups excluding tert-OH is 1. The molecule has 0 saturated carbocycles. The number of amides is 1. The summed E-state index contributed by atoms with van der Waals surface area (Å²) < 4.78 is 27.2. The number of rotatable bonds is 9. The van der Waals surface area contributed by atoms with Gasteiger partial charge in [-0.3, -0.25) is 14.6 Å². The van der Waals surface area contributed by atoms with Crippen molar-refractivity contribution in [2.24, 2.45) is 0 Å². The molecule has 1 N–H and O–H groups in total. The number of likely N-dealkylation sites (tertiary alicyclic amines) is 1. The molecule has 3 aromatic rings. The molecule has 0 bridgehead atoms. The molecule has 1 amide bonds. The number of carbonyl (C=O) groups excluding carboxylic acids is 2. The molecule has 1 aliphatic heterocycles. The van der Waals surface area contributed by atoms with Crippen LogP contribution in [0.3, 0.4) is 0 Å². The summed E-state index contributed by atoms with van der Waals surface area (Å²) in [5, 5.41) is 11.8. The number of nitrogens with zero attached hydrogens (tertiary/aromatic N) is 2. The first-order valence-electron chi connectivity index (χ1n) is 11.7. The fourth-order valence-corrected chi connectivity index (χ4v) is 4.76. The normalized spacial score (nSPS) is 16.3.